The van der Waals surface area contributed by atoms with Gasteiger partial charge in [-0.3, -0.25) is 0 Å². The summed E-state index contributed by atoms with van der Waals surface area (Å²) in [7, 11) is 0. The molecule has 3 heterocycles. The van der Waals surface area contributed by atoms with E-state index in [-0.39, 0.29) is 0 Å². The van der Waals surface area contributed by atoms with Gasteiger partial charge >= 0.3 is 0 Å². The maximum Gasteiger partial charge on any atom is 0.215 e. The molecule has 0 amide bonds. The maximum absolute atomic E-state index is 5.96. The van der Waals surface area contributed by atoms with Crippen molar-refractivity contribution in [3.05, 3.63) is 30.1 Å². The van der Waals surface area contributed by atoms with Gasteiger partial charge in [0.05, 0.1) is 6.54 Å². The highest BCUT2D eigenvalue weighted by Gasteiger charge is 2.50. The first-order valence-electron chi connectivity index (χ1n) is 10.5. The molecule has 1 aromatic heterocycles. The number of hydrogen-bond acceptors (Lipinski definition) is 6. The summed E-state index contributed by atoms with van der Waals surface area (Å²) in [4.78, 5) is 18.7. The average Bonchev–Trinajstić information content (AvgIpc) is 3.17. The van der Waals surface area contributed by atoms with Crippen molar-refractivity contribution in [1.29, 1.82) is 0 Å². The molecular weight excluding hydrogens is 354 g/mol. The molecule has 0 aliphatic carbocycles. The van der Waals surface area contributed by atoms with Gasteiger partial charge in [0, 0.05) is 24.5 Å². The minimum atomic E-state index is -0.423. The van der Waals surface area contributed by atoms with Gasteiger partial charge in [-0.25, -0.2) is 14.7 Å². The van der Waals surface area contributed by atoms with Gasteiger partial charge in [0.25, 0.3) is 0 Å². The first kappa shape index (κ1) is 20.9. The molecule has 0 aromatic carbocycles. The van der Waals surface area contributed by atoms with Crippen LogP contribution in [0.5, 0.6) is 5.88 Å². The van der Waals surface area contributed by atoms with E-state index in [1.54, 1.807) is 6.20 Å². The third kappa shape index (κ3) is 4.78. The number of nitrogens with zero attached hydrogens (tertiary/aromatic N) is 3. The van der Waals surface area contributed by atoms with Gasteiger partial charge in [-0.15, -0.1) is 5.23 Å². The predicted molar refractivity (Wildman–Crippen MR) is 111 cm³/mol. The summed E-state index contributed by atoms with van der Waals surface area (Å²) in [5, 5.41) is 1.48. The quantitative estimate of drug-likeness (QED) is 0.591. The van der Waals surface area contributed by atoms with Crippen molar-refractivity contribution in [2.24, 2.45) is 0 Å². The minimum Gasteiger partial charge on any atom is -0.476 e. The second-order valence-corrected chi connectivity index (χ2v) is 8.59. The van der Waals surface area contributed by atoms with Gasteiger partial charge < -0.3 is 9.64 Å². The summed E-state index contributed by atoms with van der Waals surface area (Å²) in [6.45, 7) is 12.9. The van der Waals surface area contributed by atoms with Crippen LogP contribution in [0, 0.1) is 0 Å². The van der Waals surface area contributed by atoms with Gasteiger partial charge in [0.15, 0.2) is 0 Å². The third-order valence-electron chi connectivity index (χ3n) is 5.82. The Morgan fingerprint density at radius 1 is 1.21 bits per heavy atom. The van der Waals surface area contributed by atoms with Crippen molar-refractivity contribution in [1.82, 2.24) is 9.88 Å². The second kappa shape index (κ2) is 8.70. The van der Waals surface area contributed by atoms with E-state index in [2.05, 4.69) is 22.9 Å². The fourth-order valence-electron chi connectivity index (χ4n) is 3.32. The van der Waals surface area contributed by atoms with Gasteiger partial charge in [-0.2, -0.15) is 0 Å². The van der Waals surface area contributed by atoms with Gasteiger partial charge in [0.2, 0.25) is 5.88 Å². The van der Waals surface area contributed by atoms with E-state index in [0.717, 1.165) is 18.8 Å². The van der Waals surface area contributed by atoms with Crippen molar-refractivity contribution in [2.45, 2.75) is 77.9 Å². The minimum absolute atomic E-state index is 0.423. The van der Waals surface area contributed by atoms with Crippen LogP contribution < -0.4 is 9.96 Å². The molecule has 0 unspecified atom stereocenters. The van der Waals surface area contributed by atoms with Crippen molar-refractivity contribution in [3.8, 4) is 5.88 Å². The lowest BCUT2D eigenvalue weighted by molar-refractivity contribution is -0.0274. The second-order valence-electron chi connectivity index (χ2n) is 8.59. The zero-order chi connectivity index (χ0) is 20.2. The molecule has 6 nitrogen and oxygen atoms in total. The summed E-state index contributed by atoms with van der Waals surface area (Å²) >= 11 is 0. The maximum atomic E-state index is 5.96. The molecule has 2 aliphatic rings. The number of aromatic nitrogens is 1. The molecule has 0 spiro atoms. The van der Waals surface area contributed by atoms with E-state index in [9.17, 15) is 0 Å². The smallest absolute Gasteiger partial charge is 0.215 e. The average molecular weight is 390 g/mol. The van der Waals surface area contributed by atoms with Gasteiger partial charge in [-0.05, 0) is 53.0 Å². The van der Waals surface area contributed by atoms with E-state index in [1.807, 2.05) is 39.8 Å². The van der Waals surface area contributed by atoms with Crippen LogP contribution in [0.2, 0.25) is 0 Å². The van der Waals surface area contributed by atoms with E-state index in [4.69, 9.17) is 14.4 Å². The molecule has 3 rings (SSSR count). The topological polar surface area (TPSA) is 47.1 Å². The molecule has 0 N–H and O–H groups in total. The van der Waals surface area contributed by atoms with E-state index >= 15 is 0 Å². The van der Waals surface area contributed by atoms with Crippen LogP contribution in [-0.2, 0) is 9.68 Å². The highest BCUT2D eigenvalue weighted by atomic mass is 17.0. The lowest BCUT2D eigenvalue weighted by Crippen LogP contribution is -2.41. The van der Waals surface area contributed by atoms with E-state index in [0.29, 0.717) is 12.5 Å². The Bertz CT molecular complexity index is 671. The standard InChI is InChI=1S/C22H35N3O3/c1-6-7-8-10-18-11-9-14-24(18)15-16-26-20-17-19(12-13-23-20)25-27-21(2,3)22(4,5)28-25/h10,12-13,17H,6-9,11,14-16H2,1-5H3/b18-10-. The zero-order valence-electron chi connectivity index (χ0n) is 18.0. The monoisotopic (exact) mass is 389 g/mol. The summed E-state index contributed by atoms with van der Waals surface area (Å²) in [5.74, 6) is 0.586. The van der Waals surface area contributed by atoms with Crippen molar-refractivity contribution >= 4 is 5.69 Å². The molecule has 28 heavy (non-hydrogen) atoms. The number of likely N-dealkylation sites (tertiary alicyclic amines) is 1. The fraction of sp³-hybridized carbons (Fsp3) is 0.682. The van der Waals surface area contributed by atoms with Crippen LogP contribution in [-0.4, -0.2) is 40.8 Å². The fourth-order valence-corrected chi connectivity index (χ4v) is 3.32. The number of rotatable bonds is 8. The molecule has 0 atom stereocenters. The molecule has 156 valence electrons. The lowest BCUT2D eigenvalue weighted by atomic mass is 9.90. The normalized spacial score (nSPS) is 22.2. The van der Waals surface area contributed by atoms with E-state index < -0.39 is 11.2 Å². The number of hydrogen-bond donors (Lipinski definition) is 0. The van der Waals surface area contributed by atoms with Crippen molar-refractivity contribution in [2.75, 3.05) is 24.9 Å². The SMILES string of the molecule is CCCC/C=C1/CCCN1CCOc1cc(N2OC(C)(C)C(C)(C)O2)ccn1. The Balaban J connectivity index is 1.54. The first-order chi connectivity index (χ1) is 13.3. The lowest BCUT2D eigenvalue weighted by Gasteiger charge is -2.26. The first-order valence-corrected chi connectivity index (χ1v) is 10.5. The number of anilines is 1. The van der Waals surface area contributed by atoms with Crippen LogP contribution in [0.3, 0.4) is 0 Å². The summed E-state index contributed by atoms with van der Waals surface area (Å²) < 4.78 is 5.93. The molecule has 2 saturated heterocycles. The molecule has 0 radical (unpaired) electrons. The summed E-state index contributed by atoms with van der Waals surface area (Å²) in [6, 6.07) is 3.72. The van der Waals surface area contributed by atoms with Crippen LogP contribution in [0.25, 0.3) is 0 Å². The Kier molecular flexibility index (Phi) is 6.50. The zero-order valence-corrected chi connectivity index (χ0v) is 18.0. The molecule has 0 bridgehead atoms. The Labute approximate surface area is 169 Å². The Hall–Kier alpha value is -1.79. The van der Waals surface area contributed by atoms with Crippen LogP contribution >= 0.6 is 0 Å². The van der Waals surface area contributed by atoms with E-state index in [1.165, 1.54) is 43.0 Å². The molecule has 2 fully saturated rings. The summed E-state index contributed by atoms with van der Waals surface area (Å²) in [5.41, 5.74) is 1.41. The number of pyridine rings is 1. The largest absolute Gasteiger partial charge is 0.476 e. The van der Waals surface area contributed by atoms with Crippen LogP contribution in [0.15, 0.2) is 30.1 Å². The Morgan fingerprint density at radius 3 is 2.68 bits per heavy atom. The molecule has 0 saturated carbocycles. The highest BCUT2D eigenvalue weighted by Crippen LogP contribution is 2.40. The molecule has 6 heteroatoms. The predicted octanol–water partition coefficient (Wildman–Crippen LogP) is 4.87. The summed E-state index contributed by atoms with van der Waals surface area (Å²) in [6.07, 6.45) is 10.2. The Morgan fingerprint density at radius 2 is 1.96 bits per heavy atom. The van der Waals surface area contributed by atoms with Crippen LogP contribution in [0.4, 0.5) is 5.69 Å². The highest BCUT2D eigenvalue weighted by molar-refractivity contribution is 5.44. The third-order valence-corrected chi connectivity index (χ3v) is 5.82. The number of allylic oxidation sites excluding steroid dienone is 2. The number of unbranched alkanes of at least 4 members (excludes halogenated alkanes) is 2. The number of ether oxygens (including phenoxy) is 1. The molecular formula is C22H35N3O3. The van der Waals surface area contributed by atoms with Crippen LogP contribution in [0.1, 0.15) is 66.7 Å². The van der Waals surface area contributed by atoms with Crippen molar-refractivity contribution < 1.29 is 14.4 Å². The molecule has 1 aromatic rings. The van der Waals surface area contributed by atoms with Gasteiger partial charge in [0.1, 0.15) is 23.5 Å². The molecule has 2 aliphatic heterocycles. The van der Waals surface area contributed by atoms with Crippen molar-refractivity contribution in [3.63, 3.8) is 0 Å². The van der Waals surface area contributed by atoms with Gasteiger partial charge in [-0.1, -0.05) is 25.8 Å².